The second-order valence-electron chi connectivity index (χ2n) is 4.12. The zero-order valence-corrected chi connectivity index (χ0v) is 8.55. The van der Waals surface area contributed by atoms with Crippen molar-refractivity contribution in [2.24, 2.45) is 0 Å². The van der Waals surface area contributed by atoms with Crippen molar-refractivity contribution in [3.63, 3.8) is 0 Å². The number of ether oxygens (including phenoxy) is 1. The summed E-state index contributed by atoms with van der Waals surface area (Å²) in [7, 11) is 0. The summed E-state index contributed by atoms with van der Waals surface area (Å²) in [5.74, 6) is 0.259. The third kappa shape index (κ3) is 2.69. The van der Waals surface area contributed by atoms with E-state index in [9.17, 15) is 8.78 Å². The van der Waals surface area contributed by atoms with Crippen LogP contribution < -0.4 is 4.74 Å². The van der Waals surface area contributed by atoms with Gasteiger partial charge in [-0.25, -0.2) is 0 Å². The highest BCUT2D eigenvalue weighted by atomic mass is 19.3. The number of halogens is 2. The maximum absolute atomic E-state index is 12.1. The van der Waals surface area contributed by atoms with Crippen molar-refractivity contribution in [3.05, 3.63) is 29.8 Å². The molecule has 1 aromatic rings. The van der Waals surface area contributed by atoms with Crippen LogP contribution in [0.4, 0.5) is 8.78 Å². The number of hydrogen-bond donors (Lipinski definition) is 0. The van der Waals surface area contributed by atoms with Crippen LogP contribution in [0.5, 0.6) is 5.75 Å². The quantitative estimate of drug-likeness (QED) is 0.709. The molecule has 0 saturated carbocycles. The Morgan fingerprint density at radius 1 is 1.14 bits per heavy atom. The van der Waals surface area contributed by atoms with Gasteiger partial charge in [0.15, 0.2) is 0 Å². The van der Waals surface area contributed by atoms with Gasteiger partial charge in [0, 0.05) is 0 Å². The largest absolute Gasteiger partial charge is 0.435 e. The number of hydrogen-bond acceptors (Lipinski definition) is 1. The van der Waals surface area contributed by atoms with Gasteiger partial charge in [-0.15, -0.1) is 0 Å². The summed E-state index contributed by atoms with van der Waals surface area (Å²) in [6.45, 7) is 3.11. The van der Waals surface area contributed by atoms with E-state index in [1.54, 1.807) is 18.2 Å². The first kappa shape index (κ1) is 11.0. The number of rotatable bonds is 2. The fraction of sp³-hybridized carbons (Fsp3) is 0.455. The lowest BCUT2D eigenvalue weighted by Crippen LogP contribution is -2.14. The third-order valence-corrected chi connectivity index (χ3v) is 1.91. The second kappa shape index (κ2) is 3.95. The molecule has 0 atom stereocenters. The lowest BCUT2D eigenvalue weighted by atomic mass is 9.86. The summed E-state index contributed by atoms with van der Waals surface area (Å²) >= 11 is 0. The monoisotopic (exact) mass is 200 g/mol. The van der Waals surface area contributed by atoms with Crippen molar-refractivity contribution in [1.82, 2.24) is 0 Å². The van der Waals surface area contributed by atoms with Crippen LogP contribution in [0.2, 0.25) is 0 Å². The van der Waals surface area contributed by atoms with Crippen LogP contribution in [0.3, 0.4) is 0 Å². The topological polar surface area (TPSA) is 9.23 Å². The van der Waals surface area contributed by atoms with Crippen molar-refractivity contribution >= 4 is 0 Å². The predicted octanol–water partition coefficient (Wildman–Crippen LogP) is 3.59. The maximum atomic E-state index is 12.1. The molecule has 0 amide bonds. The van der Waals surface area contributed by atoms with Crippen molar-refractivity contribution in [2.75, 3.05) is 0 Å². The standard InChI is InChI=1S/C11H14F2O/c1-11(2,3)8-6-4-5-7-9(8)14-10(12)13/h4-7,10H,1-3H3. The molecular formula is C11H14F2O. The molecule has 78 valence electrons. The molecule has 0 aliphatic rings. The van der Waals surface area contributed by atoms with Gasteiger partial charge in [0.05, 0.1) is 0 Å². The zero-order valence-electron chi connectivity index (χ0n) is 8.55. The molecule has 1 rings (SSSR count). The minimum atomic E-state index is -2.77. The highest BCUT2D eigenvalue weighted by molar-refractivity contribution is 5.38. The molecular weight excluding hydrogens is 186 g/mol. The molecule has 0 radical (unpaired) electrons. The van der Waals surface area contributed by atoms with E-state index < -0.39 is 6.61 Å². The minimum absolute atomic E-state index is 0.189. The first-order chi connectivity index (χ1) is 6.41. The Kier molecular flexibility index (Phi) is 3.09. The van der Waals surface area contributed by atoms with Crippen molar-refractivity contribution in [2.45, 2.75) is 32.8 Å². The van der Waals surface area contributed by atoms with Crippen molar-refractivity contribution in [3.8, 4) is 5.75 Å². The molecule has 3 heteroatoms. The molecule has 0 aliphatic carbocycles. The first-order valence-electron chi connectivity index (χ1n) is 4.45. The lowest BCUT2D eigenvalue weighted by molar-refractivity contribution is -0.0508. The Balaban J connectivity index is 3.04. The molecule has 0 bridgehead atoms. The van der Waals surface area contributed by atoms with E-state index in [4.69, 9.17) is 0 Å². The molecule has 1 nitrogen and oxygen atoms in total. The number of benzene rings is 1. The van der Waals surface area contributed by atoms with E-state index in [0.29, 0.717) is 0 Å². The van der Waals surface area contributed by atoms with Gasteiger partial charge < -0.3 is 4.74 Å². The molecule has 0 fully saturated rings. The van der Waals surface area contributed by atoms with Crippen molar-refractivity contribution < 1.29 is 13.5 Å². The summed E-state index contributed by atoms with van der Waals surface area (Å²) < 4.78 is 28.6. The van der Waals surface area contributed by atoms with Gasteiger partial charge in [0.25, 0.3) is 0 Å². The van der Waals surface area contributed by atoms with Crippen LogP contribution in [0.15, 0.2) is 24.3 Å². The van der Waals surface area contributed by atoms with Gasteiger partial charge in [-0.2, -0.15) is 8.78 Å². The molecule has 0 aliphatic heterocycles. The molecule has 0 aromatic heterocycles. The second-order valence-corrected chi connectivity index (χ2v) is 4.12. The van der Waals surface area contributed by atoms with Gasteiger partial charge in [-0.05, 0) is 17.0 Å². The molecule has 0 unspecified atom stereocenters. The SMILES string of the molecule is CC(C)(C)c1ccccc1OC(F)F. The van der Waals surface area contributed by atoms with Gasteiger partial charge >= 0.3 is 6.61 Å². The van der Waals surface area contributed by atoms with Crippen molar-refractivity contribution in [1.29, 1.82) is 0 Å². The average Bonchev–Trinajstić information content (AvgIpc) is 2.01. The summed E-state index contributed by atoms with van der Waals surface area (Å²) in [5.41, 5.74) is 0.603. The van der Waals surface area contributed by atoms with Gasteiger partial charge in [-0.1, -0.05) is 39.0 Å². The van der Waals surface area contributed by atoms with E-state index in [1.165, 1.54) is 0 Å². The number of para-hydroxylation sites is 1. The Bertz CT molecular complexity index is 302. The Morgan fingerprint density at radius 3 is 2.21 bits per heavy atom. The Labute approximate surface area is 82.7 Å². The highest BCUT2D eigenvalue weighted by Gasteiger charge is 2.19. The smallest absolute Gasteiger partial charge is 0.387 e. The molecule has 0 spiro atoms. The van der Waals surface area contributed by atoms with Crippen LogP contribution in [0.1, 0.15) is 26.3 Å². The van der Waals surface area contributed by atoms with Crippen LogP contribution in [-0.4, -0.2) is 6.61 Å². The van der Waals surface area contributed by atoms with Crippen LogP contribution in [0.25, 0.3) is 0 Å². The van der Waals surface area contributed by atoms with Crippen LogP contribution in [0, 0.1) is 0 Å². The summed E-state index contributed by atoms with van der Waals surface area (Å²) in [6.07, 6.45) is 0. The summed E-state index contributed by atoms with van der Waals surface area (Å²) in [4.78, 5) is 0. The van der Waals surface area contributed by atoms with Gasteiger partial charge in [0.2, 0.25) is 0 Å². The Hall–Kier alpha value is -1.12. The molecule has 0 N–H and O–H groups in total. The molecule has 1 aromatic carbocycles. The van der Waals surface area contributed by atoms with E-state index in [1.807, 2.05) is 26.8 Å². The normalized spacial score (nSPS) is 11.9. The summed E-state index contributed by atoms with van der Waals surface area (Å²) in [5, 5.41) is 0. The lowest BCUT2D eigenvalue weighted by Gasteiger charge is -2.22. The predicted molar refractivity (Wildman–Crippen MR) is 51.8 cm³/mol. The maximum Gasteiger partial charge on any atom is 0.387 e. The minimum Gasteiger partial charge on any atom is -0.435 e. The molecule has 0 saturated heterocycles. The highest BCUT2D eigenvalue weighted by Crippen LogP contribution is 2.31. The average molecular weight is 200 g/mol. The summed E-state index contributed by atoms with van der Waals surface area (Å²) in [6, 6.07) is 6.87. The van der Waals surface area contributed by atoms with E-state index in [0.717, 1.165) is 5.56 Å². The van der Waals surface area contributed by atoms with Gasteiger partial charge in [0.1, 0.15) is 5.75 Å². The number of alkyl halides is 2. The third-order valence-electron chi connectivity index (χ3n) is 1.91. The molecule has 14 heavy (non-hydrogen) atoms. The fourth-order valence-corrected chi connectivity index (χ4v) is 1.28. The van der Waals surface area contributed by atoms with E-state index in [-0.39, 0.29) is 11.2 Å². The van der Waals surface area contributed by atoms with Gasteiger partial charge in [-0.3, -0.25) is 0 Å². The van der Waals surface area contributed by atoms with E-state index >= 15 is 0 Å². The fourth-order valence-electron chi connectivity index (χ4n) is 1.28. The molecule has 0 heterocycles. The van der Waals surface area contributed by atoms with Crippen LogP contribution >= 0.6 is 0 Å². The van der Waals surface area contributed by atoms with E-state index in [2.05, 4.69) is 4.74 Å². The first-order valence-corrected chi connectivity index (χ1v) is 4.45. The Morgan fingerprint density at radius 2 is 1.71 bits per heavy atom. The van der Waals surface area contributed by atoms with Crippen LogP contribution in [-0.2, 0) is 5.41 Å². The zero-order chi connectivity index (χ0) is 10.8.